The number of aliphatic carboxylic acids is 1. The van der Waals surface area contributed by atoms with Gasteiger partial charge in [-0.25, -0.2) is 0 Å². The van der Waals surface area contributed by atoms with Crippen LogP contribution >= 0.6 is 0 Å². The Morgan fingerprint density at radius 3 is 2.56 bits per heavy atom. The average Bonchev–Trinajstić information content (AvgIpc) is 2.67. The highest BCUT2D eigenvalue weighted by atomic mass is 16.4. The van der Waals surface area contributed by atoms with E-state index in [2.05, 4.69) is 10.4 Å². The van der Waals surface area contributed by atoms with Crippen LogP contribution in [0.15, 0.2) is 6.07 Å². The molecule has 0 aliphatic heterocycles. The smallest absolute Gasteiger partial charge is 0.310 e. The second kappa shape index (κ2) is 5.20. The van der Waals surface area contributed by atoms with Crippen LogP contribution in [0.5, 0.6) is 0 Å². The Kier molecular flexibility index (Phi) is 4.11. The molecular weight excluding hydrogens is 234 g/mol. The molecule has 1 rings (SSSR count). The van der Waals surface area contributed by atoms with Crippen molar-refractivity contribution in [2.24, 2.45) is 12.5 Å². The van der Waals surface area contributed by atoms with Crippen LogP contribution in [0.3, 0.4) is 0 Å². The van der Waals surface area contributed by atoms with Gasteiger partial charge in [0.2, 0.25) is 0 Å². The highest BCUT2D eigenvalue weighted by Crippen LogP contribution is 2.13. The number of aryl methyl sites for hydroxylation is 2. The molecule has 1 aromatic heterocycles. The third kappa shape index (κ3) is 3.09. The third-order valence-electron chi connectivity index (χ3n) is 2.80. The van der Waals surface area contributed by atoms with E-state index in [0.29, 0.717) is 5.69 Å². The third-order valence-corrected chi connectivity index (χ3v) is 2.80. The Balaban J connectivity index is 2.71. The van der Waals surface area contributed by atoms with Crippen LogP contribution in [0.25, 0.3) is 0 Å². The zero-order valence-corrected chi connectivity index (χ0v) is 11.1. The van der Waals surface area contributed by atoms with Crippen molar-refractivity contribution in [3.8, 4) is 0 Å². The molecule has 18 heavy (non-hydrogen) atoms. The van der Waals surface area contributed by atoms with E-state index in [-0.39, 0.29) is 12.5 Å². The molecule has 2 N–H and O–H groups in total. The number of amides is 1. The summed E-state index contributed by atoms with van der Waals surface area (Å²) in [5.41, 5.74) is 0.287. The molecule has 0 aromatic carbocycles. The Morgan fingerprint density at radius 2 is 2.11 bits per heavy atom. The predicted octanol–water partition coefficient (Wildman–Crippen LogP) is 0.823. The van der Waals surface area contributed by atoms with Gasteiger partial charge in [-0.15, -0.1) is 0 Å². The normalized spacial score (nSPS) is 11.3. The summed E-state index contributed by atoms with van der Waals surface area (Å²) < 4.78 is 1.50. The van der Waals surface area contributed by atoms with Crippen LogP contribution in [-0.4, -0.2) is 33.3 Å². The first-order chi connectivity index (χ1) is 8.27. The van der Waals surface area contributed by atoms with E-state index in [0.717, 1.165) is 12.1 Å². The molecule has 0 bridgehead atoms. The fourth-order valence-corrected chi connectivity index (χ4v) is 1.38. The van der Waals surface area contributed by atoms with E-state index in [1.54, 1.807) is 27.0 Å². The average molecular weight is 253 g/mol. The van der Waals surface area contributed by atoms with E-state index < -0.39 is 11.4 Å². The van der Waals surface area contributed by atoms with E-state index in [4.69, 9.17) is 5.11 Å². The number of carbonyl (C=O) groups excluding carboxylic acids is 1. The van der Waals surface area contributed by atoms with Crippen molar-refractivity contribution in [2.75, 3.05) is 6.54 Å². The van der Waals surface area contributed by atoms with Gasteiger partial charge in [0.1, 0.15) is 5.69 Å². The molecule has 100 valence electrons. The summed E-state index contributed by atoms with van der Waals surface area (Å²) in [4.78, 5) is 22.8. The summed E-state index contributed by atoms with van der Waals surface area (Å²) in [6.07, 6.45) is 0.752. The number of hydrogen-bond acceptors (Lipinski definition) is 3. The lowest BCUT2D eigenvalue weighted by atomic mass is 9.94. The minimum absolute atomic E-state index is 0.0772. The van der Waals surface area contributed by atoms with Crippen LogP contribution in [0.1, 0.15) is 37.0 Å². The molecule has 6 heteroatoms. The number of carboxylic acids is 1. The van der Waals surface area contributed by atoms with E-state index in [1.807, 2.05) is 6.92 Å². The molecule has 6 nitrogen and oxygen atoms in total. The van der Waals surface area contributed by atoms with Gasteiger partial charge < -0.3 is 10.4 Å². The summed E-state index contributed by atoms with van der Waals surface area (Å²) >= 11 is 0. The summed E-state index contributed by atoms with van der Waals surface area (Å²) in [6, 6.07) is 1.71. The van der Waals surface area contributed by atoms with Gasteiger partial charge >= 0.3 is 5.97 Å². The summed E-state index contributed by atoms with van der Waals surface area (Å²) in [5, 5.41) is 15.7. The maximum absolute atomic E-state index is 11.9. The standard InChI is InChI=1S/C12H19N3O3/c1-5-8-6-9(15(4)14-8)10(16)13-7-12(2,3)11(17)18/h6H,5,7H2,1-4H3,(H,13,16)(H,17,18). The van der Waals surface area contributed by atoms with Crippen molar-refractivity contribution >= 4 is 11.9 Å². The fraction of sp³-hybridized carbons (Fsp3) is 0.583. The van der Waals surface area contributed by atoms with Crippen molar-refractivity contribution in [2.45, 2.75) is 27.2 Å². The predicted molar refractivity (Wildman–Crippen MR) is 66.3 cm³/mol. The van der Waals surface area contributed by atoms with Gasteiger partial charge in [-0.3, -0.25) is 14.3 Å². The maximum Gasteiger partial charge on any atom is 0.310 e. The highest BCUT2D eigenvalue weighted by molar-refractivity contribution is 5.93. The Morgan fingerprint density at radius 1 is 1.50 bits per heavy atom. The Bertz CT molecular complexity index is 463. The molecule has 1 heterocycles. The van der Waals surface area contributed by atoms with Crippen molar-refractivity contribution < 1.29 is 14.7 Å². The van der Waals surface area contributed by atoms with Crippen LogP contribution in [0, 0.1) is 5.41 Å². The second-order valence-corrected chi connectivity index (χ2v) is 4.87. The molecule has 0 aliphatic carbocycles. The lowest BCUT2D eigenvalue weighted by Crippen LogP contribution is -2.39. The number of nitrogens with one attached hydrogen (secondary N) is 1. The van der Waals surface area contributed by atoms with Crippen LogP contribution in [-0.2, 0) is 18.3 Å². The second-order valence-electron chi connectivity index (χ2n) is 4.87. The molecule has 0 aliphatic rings. The van der Waals surface area contributed by atoms with Crippen LogP contribution in [0.2, 0.25) is 0 Å². The van der Waals surface area contributed by atoms with E-state index in [1.165, 1.54) is 4.68 Å². The van der Waals surface area contributed by atoms with Crippen molar-refractivity contribution in [1.82, 2.24) is 15.1 Å². The first-order valence-corrected chi connectivity index (χ1v) is 5.82. The van der Waals surface area contributed by atoms with Crippen molar-refractivity contribution in [3.05, 3.63) is 17.5 Å². The first kappa shape index (κ1) is 14.2. The van der Waals surface area contributed by atoms with Crippen LogP contribution < -0.4 is 5.32 Å². The molecule has 0 saturated heterocycles. The van der Waals surface area contributed by atoms with Gasteiger partial charge in [0, 0.05) is 13.6 Å². The zero-order valence-electron chi connectivity index (χ0n) is 11.1. The summed E-state index contributed by atoms with van der Waals surface area (Å²) in [6.45, 7) is 5.16. The monoisotopic (exact) mass is 253 g/mol. The first-order valence-electron chi connectivity index (χ1n) is 5.82. The molecule has 0 unspecified atom stereocenters. The Labute approximate surface area is 106 Å². The minimum atomic E-state index is -0.984. The van der Waals surface area contributed by atoms with Gasteiger partial charge in [-0.1, -0.05) is 6.92 Å². The van der Waals surface area contributed by atoms with E-state index in [9.17, 15) is 9.59 Å². The van der Waals surface area contributed by atoms with Gasteiger partial charge in [0.05, 0.1) is 11.1 Å². The van der Waals surface area contributed by atoms with Gasteiger partial charge in [-0.05, 0) is 26.3 Å². The number of carbonyl (C=O) groups is 2. The molecule has 0 fully saturated rings. The highest BCUT2D eigenvalue weighted by Gasteiger charge is 2.28. The molecule has 0 atom stereocenters. The number of nitrogens with zero attached hydrogens (tertiary/aromatic N) is 2. The number of rotatable bonds is 5. The van der Waals surface area contributed by atoms with Crippen LogP contribution in [0.4, 0.5) is 0 Å². The fourth-order valence-electron chi connectivity index (χ4n) is 1.38. The Hall–Kier alpha value is -1.85. The van der Waals surface area contributed by atoms with Gasteiger partial charge in [0.15, 0.2) is 0 Å². The summed E-state index contributed by atoms with van der Waals surface area (Å²) in [7, 11) is 1.69. The van der Waals surface area contributed by atoms with E-state index >= 15 is 0 Å². The number of aromatic nitrogens is 2. The number of carboxylic acid groups (broad SMARTS) is 1. The molecule has 0 saturated carbocycles. The quantitative estimate of drug-likeness (QED) is 0.813. The van der Waals surface area contributed by atoms with Crippen molar-refractivity contribution in [3.63, 3.8) is 0 Å². The zero-order chi connectivity index (χ0) is 13.9. The number of hydrogen-bond donors (Lipinski definition) is 2. The molecule has 1 amide bonds. The lowest BCUT2D eigenvalue weighted by molar-refractivity contribution is -0.146. The summed E-state index contributed by atoms with van der Waals surface area (Å²) in [5.74, 6) is -1.25. The minimum Gasteiger partial charge on any atom is -0.481 e. The SMILES string of the molecule is CCc1cc(C(=O)NCC(C)(C)C(=O)O)n(C)n1. The molecule has 0 radical (unpaired) electrons. The lowest BCUT2D eigenvalue weighted by Gasteiger charge is -2.19. The topological polar surface area (TPSA) is 84.2 Å². The maximum atomic E-state index is 11.9. The largest absolute Gasteiger partial charge is 0.481 e. The molecule has 1 aromatic rings. The molecular formula is C12H19N3O3. The van der Waals surface area contributed by atoms with Gasteiger partial charge in [0.25, 0.3) is 5.91 Å². The molecule has 0 spiro atoms. The van der Waals surface area contributed by atoms with Crippen molar-refractivity contribution in [1.29, 1.82) is 0 Å². The van der Waals surface area contributed by atoms with Gasteiger partial charge in [-0.2, -0.15) is 5.10 Å².